The molecule has 0 saturated heterocycles. The fourth-order valence-corrected chi connectivity index (χ4v) is 3.77. The zero-order chi connectivity index (χ0) is 13.2. The molecule has 0 aromatic heterocycles. The van der Waals surface area contributed by atoms with Gasteiger partial charge in [-0.15, -0.1) is 0 Å². The Morgan fingerprint density at radius 2 is 2.00 bits per heavy atom. The summed E-state index contributed by atoms with van der Waals surface area (Å²) in [6.07, 6.45) is 9.01. The molecule has 104 valence electrons. The zero-order valence-electron chi connectivity index (χ0n) is 11.5. The number of nitrogens with two attached hydrogens (primary N) is 1. The van der Waals surface area contributed by atoms with Crippen molar-refractivity contribution in [1.29, 1.82) is 0 Å². The first-order valence-corrected chi connectivity index (χ1v) is 7.55. The third-order valence-corrected chi connectivity index (χ3v) is 5.28. The van der Waals surface area contributed by atoms with Gasteiger partial charge in [-0.1, -0.05) is 39.0 Å². The van der Waals surface area contributed by atoms with Crippen LogP contribution in [-0.4, -0.2) is 17.6 Å². The number of carboxylic acids is 1. The molecule has 0 aliphatic heterocycles. The van der Waals surface area contributed by atoms with E-state index < -0.39 is 11.4 Å². The predicted octanol–water partition coefficient (Wildman–Crippen LogP) is 3.03. The Labute approximate surface area is 110 Å². The van der Waals surface area contributed by atoms with Crippen LogP contribution in [0, 0.1) is 23.2 Å². The van der Waals surface area contributed by atoms with Crippen molar-refractivity contribution in [3.8, 4) is 0 Å². The molecule has 3 nitrogen and oxygen atoms in total. The van der Waals surface area contributed by atoms with Gasteiger partial charge in [-0.3, -0.25) is 4.79 Å². The highest BCUT2D eigenvalue weighted by molar-refractivity contribution is 5.75. The van der Waals surface area contributed by atoms with Crippen molar-refractivity contribution in [2.24, 2.45) is 28.9 Å². The van der Waals surface area contributed by atoms with E-state index in [9.17, 15) is 9.90 Å². The number of rotatable bonds is 6. The fourth-order valence-electron chi connectivity index (χ4n) is 3.77. The standard InChI is InChI=1S/C15H27NO2/c1-2-11-4-3-5-13(8-11)15(10-16,14(17)18)9-12-6-7-12/h11-13H,2-10,16H2,1H3,(H,17,18). The van der Waals surface area contributed by atoms with Gasteiger partial charge in [0.15, 0.2) is 0 Å². The summed E-state index contributed by atoms with van der Waals surface area (Å²) >= 11 is 0. The molecule has 2 aliphatic rings. The number of hydrogen-bond acceptors (Lipinski definition) is 2. The van der Waals surface area contributed by atoms with Crippen LogP contribution >= 0.6 is 0 Å². The lowest BCUT2D eigenvalue weighted by Gasteiger charge is -2.41. The van der Waals surface area contributed by atoms with E-state index in [1.165, 1.54) is 32.1 Å². The second kappa shape index (κ2) is 5.60. The van der Waals surface area contributed by atoms with Crippen LogP contribution in [0.25, 0.3) is 0 Å². The second-order valence-electron chi connectivity index (χ2n) is 6.45. The minimum atomic E-state index is -0.640. The average Bonchev–Trinajstić information content (AvgIpc) is 3.19. The molecule has 0 aromatic carbocycles. The van der Waals surface area contributed by atoms with Gasteiger partial charge in [-0.2, -0.15) is 0 Å². The van der Waals surface area contributed by atoms with E-state index >= 15 is 0 Å². The first-order chi connectivity index (χ1) is 8.62. The molecule has 2 aliphatic carbocycles. The molecule has 0 heterocycles. The molecule has 3 unspecified atom stereocenters. The molecular weight excluding hydrogens is 226 g/mol. The Kier molecular flexibility index (Phi) is 4.31. The number of hydrogen-bond donors (Lipinski definition) is 2. The summed E-state index contributed by atoms with van der Waals surface area (Å²) in [7, 11) is 0. The highest BCUT2D eigenvalue weighted by Crippen LogP contribution is 2.49. The van der Waals surface area contributed by atoms with E-state index in [4.69, 9.17) is 5.73 Å². The summed E-state index contributed by atoms with van der Waals surface area (Å²) in [5, 5.41) is 9.73. The molecule has 0 bridgehead atoms. The number of carboxylic acid groups (broad SMARTS) is 1. The van der Waals surface area contributed by atoms with E-state index in [1.54, 1.807) is 0 Å². The summed E-state index contributed by atoms with van der Waals surface area (Å²) in [5.74, 6) is 1.01. The SMILES string of the molecule is CCC1CCCC(C(CN)(CC2CC2)C(=O)O)C1. The summed E-state index contributed by atoms with van der Waals surface area (Å²) in [4.78, 5) is 11.8. The topological polar surface area (TPSA) is 63.3 Å². The number of carbonyl (C=O) groups is 1. The van der Waals surface area contributed by atoms with Gasteiger partial charge in [0.2, 0.25) is 0 Å². The molecule has 0 amide bonds. The van der Waals surface area contributed by atoms with E-state index in [2.05, 4.69) is 6.92 Å². The van der Waals surface area contributed by atoms with Crippen LogP contribution in [-0.2, 0) is 4.79 Å². The van der Waals surface area contributed by atoms with Crippen molar-refractivity contribution < 1.29 is 9.90 Å². The van der Waals surface area contributed by atoms with Crippen LogP contribution in [0.3, 0.4) is 0 Å². The molecule has 18 heavy (non-hydrogen) atoms. The molecular formula is C15H27NO2. The lowest BCUT2D eigenvalue weighted by molar-refractivity contribution is -0.154. The Morgan fingerprint density at radius 3 is 2.50 bits per heavy atom. The molecule has 0 radical (unpaired) electrons. The highest BCUT2D eigenvalue weighted by Gasteiger charge is 2.48. The number of aliphatic carboxylic acids is 1. The summed E-state index contributed by atoms with van der Waals surface area (Å²) < 4.78 is 0. The highest BCUT2D eigenvalue weighted by atomic mass is 16.4. The first-order valence-electron chi connectivity index (χ1n) is 7.55. The van der Waals surface area contributed by atoms with Gasteiger partial charge < -0.3 is 10.8 Å². The summed E-state index contributed by atoms with van der Waals surface area (Å²) in [6, 6.07) is 0. The van der Waals surface area contributed by atoms with Gasteiger partial charge in [0, 0.05) is 6.54 Å². The van der Waals surface area contributed by atoms with Crippen molar-refractivity contribution in [3.63, 3.8) is 0 Å². The molecule has 0 aromatic rings. The van der Waals surface area contributed by atoms with Crippen LogP contribution in [0.15, 0.2) is 0 Å². The lowest BCUT2D eigenvalue weighted by atomic mass is 9.63. The maximum atomic E-state index is 11.8. The minimum absolute atomic E-state index is 0.305. The van der Waals surface area contributed by atoms with Crippen LogP contribution < -0.4 is 5.73 Å². The Morgan fingerprint density at radius 1 is 1.28 bits per heavy atom. The average molecular weight is 253 g/mol. The van der Waals surface area contributed by atoms with Gasteiger partial charge in [0.25, 0.3) is 0 Å². The van der Waals surface area contributed by atoms with Crippen LogP contribution in [0.4, 0.5) is 0 Å². The molecule has 3 heteroatoms. The summed E-state index contributed by atoms with van der Waals surface area (Å²) in [5.41, 5.74) is 5.29. The maximum absolute atomic E-state index is 11.8. The third-order valence-electron chi connectivity index (χ3n) is 5.28. The monoisotopic (exact) mass is 253 g/mol. The van der Waals surface area contributed by atoms with E-state index in [0.717, 1.165) is 19.3 Å². The van der Waals surface area contributed by atoms with Crippen LogP contribution in [0.5, 0.6) is 0 Å². The molecule has 2 rings (SSSR count). The predicted molar refractivity (Wildman–Crippen MR) is 72.2 cm³/mol. The van der Waals surface area contributed by atoms with Crippen molar-refractivity contribution in [2.75, 3.05) is 6.54 Å². The molecule has 2 saturated carbocycles. The smallest absolute Gasteiger partial charge is 0.311 e. The molecule has 3 atom stereocenters. The van der Waals surface area contributed by atoms with E-state index in [-0.39, 0.29) is 0 Å². The van der Waals surface area contributed by atoms with Gasteiger partial charge in [-0.25, -0.2) is 0 Å². The summed E-state index contributed by atoms with van der Waals surface area (Å²) in [6.45, 7) is 2.54. The molecule has 2 fully saturated rings. The van der Waals surface area contributed by atoms with Gasteiger partial charge in [0.05, 0.1) is 5.41 Å². The van der Waals surface area contributed by atoms with Crippen molar-refractivity contribution in [2.45, 2.75) is 58.3 Å². The lowest BCUT2D eigenvalue weighted by Crippen LogP contribution is -2.47. The van der Waals surface area contributed by atoms with Crippen molar-refractivity contribution in [1.82, 2.24) is 0 Å². The minimum Gasteiger partial charge on any atom is -0.481 e. The largest absolute Gasteiger partial charge is 0.481 e. The molecule has 0 spiro atoms. The van der Waals surface area contributed by atoms with Crippen LogP contribution in [0.2, 0.25) is 0 Å². The van der Waals surface area contributed by atoms with Gasteiger partial charge >= 0.3 is 5.97 Å². The van der Waals surface area contributed by atoms with E-state index in [0.29, 0.717) is 24.3 Å². The van der Waals surface area contributed by atoms with E-state index in [1.807, 2.05) is 0 Å². The third kappa shape index (κ3) is 2.71. The zero-order valence-corrected chi connectivity index (χ0v) is 11.5. The van der Waals surface area contributed by atoms with Gasteiger partial charge in [-0.05, 0) is 37.0 Å². The van der Waals surface area contributed by atoms with Gasteiger partial charge in [0.1, 0.15) is 0 Å². The maximum Gasteiger partial charge on any atom is 0.311 e. The Balaban J connectivity index is 2.13. The Hall–Kier alpha value is -0.570. The van der Waals surface area contributed by atoms with Crippen molar-refractivity contribution >= 4 is 5.97 Å². The second-order valence-corrected chi connectivity index (χ2v) is 6.45. The normalized spacial score (nSPS) is 31.9. The van der Waals surface area contributed by atoms with Crippen molar-refractivity contribution in [3.05, 3.63) is 0 Å². The quantitative estimate of drug-likeness (QED) is 0.764. The Bertz CT molecular complexity index is 301. The fraction of sp³-hybridized carbons (Fsp3) is 0.933. The first kappa shape index (κ1) is 13.9. The van der Waals surface area contributed by atoms with Crippen LogP contribution in [0.1, 0.15) is 58.3 Å². The molecule has 3 N–H and O–H groups in total.